The monoisotopic (exact) mass is 532 g/mol. The van der Waals surface area contributed by atoms with Gasteiger partial charge in [0.25, 0.3) is 0 Å². The van der Waals surface area contributed by atoms with Gasteiger partial charge in [0, 0.05) is 0 Å². The lowest BCUT2D eigenvalue weighted by molar-refractivity contribution is 1.63. The fraction of sp³-hybridized carbons (Fsp3) is 0. The minimum Gasteiger partial charge on any atom is -0.0622 e. The lowest BCUT2D eigenvalue weighted by Gasteiger charge is -2.20. The van der Waals surface area contributed by atoms with E-state index >= 15 is 0 Å². The molecule has 8 rings (SSSR count). The van der Waals surface area contributed by atoms with E-state index in [1.165, 1.54) is 0 Å². The minimum atomic E-state index is -1.05. The molecule has 0 aliphatic rings. The van der Waals surface area contributed by atoms with E-state index < -0.39 is 234 Å². The van der Waals surface area contributed by atoms with Crippen molar-refractivity contribution >= 4 is 43.1 Å². The van der Waals surface area contributed by atoms with Gasteiger partial charge < -0.3 is 0 Å². The zero-order chi connectivity index (χ0) is 49.1. The molecule has 0 spiro atoms. The first-order valence-corrected chi connectivity index (χ1v) is 11.8. The molecule has 8 aromatic carbocycles. The van der Waals surface area contributed by atoms with Gasteiger partial charge in [0.2, 0.25) is 0 Å². The zero-order valence-corrected chi connectivity index (χ0v) is 20.0. The molecule has 0 saturated heterocycles. The summed E-state index contributed by atoms with van der Waals surface area (Å²) in [5.41, 5.74) is -4.71. The Morgan fingerprint density at radius 3 is 1.48 bits per heavy atom. The normalized spacial score (nSPS) is 20.6. The molecule has 0 bridgehead atoms. The van der Waals surface area contributed by atoms with Crippen LogP contribution in [0, 0.1) is 0 Å². The Hall–Kier alpha value is -5.20. The van der Waals surface area contributed by atoms with Crippen molar-refractivity contribution < 1.29 is 35.6 Å². The largest absolute Gasteiger partial charge is 0.0636 e. The summed E-state index contributed by atoms with van der Waals surface area (Å²) in [4.78, 5) is 0. The van der Waals surface area contributed by atoms with Crippen LogP contribution in [0.3, 0.4) is 0 Å². The van der Waals surface area contributed by atoms with Crippen molar-refractivity contribution in [1.29, 1.82) is 0 Å². The van der Waals surface area contributed by atoms with Crippen LogP contribution in [-0.2, 0) is 0 Å². The van der Waals surface area contributed by atoms with Crippen molar-refractivity contribution in [2.45, 2.75) is 0 Å². The SMILES string of the molecule is [2H]c1c([2H])c([2H])c(-c2c([2H])c(-c3c4c([2H])c([2H])c([2H])c([2H])c4c(-c4c([2H])c([2H])c5c([2H])c([2H])c([2H])c([2H])c5c4[2H])c4c([2H])c([2H])c([2H])c([2H])c34)c3c([2H])c([2H])c([2H])c([2H])c3c2[2H])c([2H])c1[2H]. The third kappa shape index (κ3) is 3.61. The van der Waals surface area contributed by atoms with Crippen LogP contribution in [0.1, 0.15) is 35.6 Å². The molecule has 0 fully saturated rings. The first-order valence-electron chi connectivity index (χ1n) is 24.8. The van der Waals surface area contributed by atoms with E-state index in [0.29, 0.717) is 0 Å². The van der Waals surface area contributed by atoms with E-state index in [4.69, 9.17) is 23.3 Å². The summed E-state index contributed by atoms with van der Waals surface area (Å²) in [7, 11) is 0. The first kappa shape index (κ1) is 8.65. The van der Waals surface area contributed by atoms with Gasteiger partial charge in [-0.3, -0.25) is 0 Å². The molecule has 0 unspecified atom stereocenters. The van der Waals surface area contributed by atoms with Gasteiger partial charge in [0.1, 0.15) is 0 Å². The lowest BCUT2D eigenvalue weighted by Crippen LogP contribution is -1.92. The van der Waals surface area contributed by atoms with Crippen molar-refractivity contribution in [3.8, 4) is 33.4 Å². The molecule has 0 aromatic heterocycles. The molecule has 0 atom stereocenters. The standard InChI is InChI=1S/C40H26/c1-2-12-27(13-3-1)32-25-30-16-6-7-17-33(30)38(26-32)40-36-20-10-8-18-34(36)39(35-19-9-11-21-37(35)40)31-23-22-28-14-4-5-15-29(28)24-31/h1-26H/i1D,2D,3D,4D,5D,6D,7D,8D,9D,10D,11D,12D,13D,14D,15D,16D,17D,18D,19D,20D,21D,22D,23D,24D,25D,26D. The van der Waals surface area contributed by atoms with Gasteiger partial charge in [-0.15, -0.1) is 0 Å². The van der Waals surface area contributed by atoms with Crippen molar-refractivity contribution in [3.05, 3.63) is 157 Å². The third-order valence-corrected chi connectivity index (χ3v) is 6.31. The second-order valence-corrected chi connectivity index (χ2v) is 8.50. The highest BCUT2D eigenvalue weighted by Crippen LogP contribution is 2.46. The van der Waals surface area contributed by atoms with Crippen LogP contribution in [0.4, 0.5) is 0 Å². The number of hydrogen-bond acceptors (Lipinski definition) is 0. The van der Waals surface area contributed by atoms with Crippen LogP contribution in [0.5, 0.6) is 0 Å². The summed E-state index contributed by atoms with van der Waals surface area (Å²) in [6.45, 7) is 0. The number of fused-ring (bicyclic) bond motifs is 4. The second kappa shape index (κ2) is 9.22. The van der Waals surface area contributed by atoms with Gasteiger partial charge in [0.15, 0.2) is 0 Å². The molecule has 0 N–H and O–H groups in total. The molecular formula is C40H26. The van der Waals surface area contributed by atoms with E-state index in [1.54, 1.807) is 0 Å². The van der Waals surface area contributed by atoms with Crippen molar-refractivity contribution in [3.63, 3.8) is 0 Å². The predicted molar refractivity (Wildman–Crippen MR) is 173 cm³/mol. The topological polar surface area (TPSA) is 0 Å². The molecule has 0 heteroatoms. The molecular weight excluding hydrogens is 480 g/mol. The Kier molecular flexibility index (Phi) is 1.99. The number of hydrogen-bond donors (Lipinski definition) is 0. The Labute approximate surface area is 270 Å². The molecule has 0 amide bonds. The Bertz CT molecular complexity index is 3540. The van der Waals surface area contributed by atoms with Crippen molar-refractivity contribution in [1.82, 2.24) is 0 Å². The maximum atomic E-state index is 9.85. The van der Waals surface area contributed by atoms with Crippen molar-refractivity contribution in [2.75, 3.05) is 0 Å². The van der Waals surface area contributed by atoms with E-state index in [0.717, 1.165) is 0 Å². The van der Waals surface area contributed by atoms with E-state index in [9.17, 15) is 12.3 Å². The van der Waals surface area contributed by atoms with Crippen LogP contribution in [0.15, 0.2) is 157 Å². The molecule has 186 valence electrons. The average Bonchev–Trinajstić information content (AvgIpc) is 3.28. The molecule has 0 aliphatic heterocycles. The van der Waals surface area contributed by atoms with Crippen LogP contribution in [-0.4, -0.2) is 0 Å². The highest BCUT2D eigenvalue weighted by molar-refractivity contribution is 6.24. The van der Waals surface area contributed by atoms with Gasteiger partial charge in [-0.1, -0.05) is 139 Å². The molecule has 40 heavy (non-hydrogen) atoms. The fourth-order valence-electron chi connectivity index (χ4n) is 4.66. The Morgan fingerprint density at radius 2 is 0.800 bits per heavy atom. The summed E-state index contributed by atoms with van der Waals surface area (Å²) < 4.78 is 232. The predicted octanol–water partition coefficient (Wildman–Crippen LogP) is 11.3. The van der Waals surface area contributed by atoms with Crippen LogP contribution < -0.4 is 0 Å². The molecule has 8 aromatic rings. The quantitative estimate of drug-likeness (QED) is 0.198. The molecule has 0 saturated carbocycles. The van der Waals surface area contributed by atoms with Gasteiger partial charge in [-0.25, -0.2) is 0 Å². The maximum Gasteiger partial charge on any atom is 0.0636 e. The third-order valence-electron chi connectivity index (χ3n) is 6.31. The van der Waals surface area contributed by atoms with Gasteiger partial charge >= 0.3 is 0 Å². The summed E-state index contributed by atoms with van der Waals surface area (Å²) >= 11 is 0. The Morgan fingerprint density at radius 1 is 0.300 bits per heavy atom. The summed E-state index contributed by atoms with van der Waals surface area (Å²) in [5.74, 6) is 0. The highest BCUT2D eigenvalue weighted by atomic mass is 14.2. The van der Waals surface area contributed by atoms with Crippen molar-refractivity contribution in [2.24, 2.45) is 0 Å². The molecule has 0 radical (unpaired) electrons. The fourth-order valence-corrected chi connectivity index (χ4v) is 4.66. The maximum absolute atomic E-state index is 9.85. The first-order chi connectivity index (χ1) is 30.7. The summed E-state index contributed by atoms with van der Waals surface area (Å²) in [6.07, 6.45) is 0. The van der Waals surface area contributed by atoms with Crippen LogP contribution in [0.2, 0.25) is 0 Å². The minimum absolute atomic E-state index is 0.580. The summed E-state index contributed by atoms with van der Waals surface area (Å²) in [5, 5.41) is -5.69. The number of rotatable bonds is 3. The van der Waals surface area contributed by atoms with Gasteiger partial charge in [-0.05, 0) is 94.6 Å². The van der Waals surface area contributed by atoms with Gasteiger partial charge in [-0.2, -0.15) is 0 Å². The number of benzene rings is 8. The lowest BCUT2D eigenvalue weighted by atomic mass is 9.83. The summed E-state index contributed by atoms with van der Waals surface area (Å²) in [6, 6.07) is -24.6. The molecule has 0 aliphatic carbocycles. The highest BCUT2D eigenvalue weighted by Gasteiger charge is 2.18. The van der Waals surface area contributed by atoms with Crippen LogP contribution in [0.25, 0.3) is 76.5 Å². The molecule has 0 heterocycles. The zero-order valence-electron chi connectivity index (χ0n) is 46.0. The van der Waals surface area contributed by atoms with E-state index in [-0.39, 0.29) is 0 Å². The second-order valence-electron chi connectivity index (χ2n) is 8.50. The van der Waals surface area contributed by atoms with Gasteiger partial charge in [0.05, 0.1) is 35.6 Å². The van der Waals surface area contributed by atoms with E-state index in [2.05, 4.69) is 0 Å². The average molecular weight is 533 g/mol. The van der Waals surface area contributed by atoms with Crippen LogP contribution >= 0.6 is 0 Å². The molecule has 0 nitrogen and oxygen atoms in total. The smallest absolute Gasteiger partial charge is 0.0622 e. The van der Waals surface area contributed by atoms with E-state index in [1.807, 2.05) is 0 Å². The Balaban J connectivity index is 1.82.